The minimum atomic E-state index is -3.95. The molecule has 3 N–H and O–H groups in total. The van der Waals surface area contributed by atoms with Crippen LogP contribution < -0.4 is 10.0 Å². The Balaban J connectivity index is 1.32. The molecule has 0 aliphatic heterocycles. The van der Waals surface area contributed by atoms with E-state index in [2.05, 4.69) is 44.3 Å². The maximum atomic E-state index is 13.2. The van der Waals surface area contributed by atoms with Crippen molar-refractivity contribution in [2.45, 2.75) is 42.4 Å². The van der Waals surface area contributed by atoms with E-state index >= 15 is 0 Å². The SMILES string of the molecule is O=C(O)CNc1cccc(C(Cc2ccc(C3(COCc4ccccc4)CC3)cc2)NS(=O)(=O)c2ccccn2)n1. The zero-order chi connectivity index (χ0) is 28.7. The number of carboxylic acid groups (broad SMARTS) is 1. The van der Waals surface area contributed by atoms with Gasteiger partial charge in [0.15, 0.2) is 5.03 Å². The highest BCUT2D eigenvalue weighted by molar-refractivity contribution is 7.89. The van der Waals surface area contributed by atoms with Crippen LogP contribution in [-0.4, -0.2) is 42.6 Å². The molecule has 4 aromatic rings. The summed E-state index contributed by atoms with van der Waals surface area (Å²) in [6.45, 7) is 0.916. The Kier molecular flexibility index (Phi) is 8.72. The van der Waals surface area contributed by atoms with Gasteiger partial charge in [0.05, 0.1) is 24.9 Å². The van der Waals surface area contributed by atoms with Crippen LogP contribution >= 0.6 is 0 Å². The van der Waals surface area contributed by atoms with E-state index in [0.717, 1.165) is 24.0 Å². The van der Waals surface area contributed by atoms with Crippen molar-refractivity contribution in [3.8, 4) is 0 Å². The summed E-state index contributed by atoms with van der Waals surface area (Å²) in [5.74, 6) is -0.683. The largest absolute Gasteiger partial charge is 0.480 e. The molecular formula is C31H32N4O5S. The van der Waals surface area contributed by atoms with Crippen LogP contribution in [0.5, 0.6) is 0 Å². The minimum absolute atomic E-state index is 0.0129. The molecule has 1 unspecified atom stereocenters. The van der Waals surface area contributed by atoms with Gasteiger partial charge in [-0.25, -0.2) is 23.1 Å². The fourth-order valence-electron chi connectivity index (χ4n) is 4.71. The van der Waals surface area contributed by atoms with E-state index < -0.39 is 22.0 Å². The van der Waals surface area contributed by atoms with E-state index in [1.54, 1.807) is 30.3 Å². The first-order valence-corrected chi connectivity index (χ1v) is 14.9. The normalized spacial score (nSPS) is 14.7. The van der Waals surface area contributed by atoms with Crippen LogP contribution in [0.15, 0.2) is 102 Å². The summed E-state index contributed by atoms with van der Waals surface area (Å²) >= 11 is 0. The van der Waals surface area contributed by atoms with Gasteiger partial charge in [-0.2, -0.15) is 0 Å². The number of hydrogen-bond donors (Lipinski definition) is 3. The van der Waals surface area contributed by atoms with Gasteiger partial charge in [-0.15, -0.1) is 0 Å². The highest BCUT2D eigenvalue weighted by Gasteiger charge is 2.44. The lowest BCUT2D eigenvalue weighted by molar-refractivity contribution is -0.134. The molecule has 9 nitrogen and oxygen atoms in total. The van der Waals surface area contributed by atoms with Gasteiger partial charge in [0.2, 0.25) is 0 Å². The molecule has 2 aromatic carbocycles. The van der Waals surface area contributed by atoms with Crippen LogP contribution in [0.3, 0.4) is 0 Å². The second-order valence-electron chi connectivity index (χ2n) is 10.2. The molecule has 0 spiro atoms. The number of nitrogens with one attached hydrogen (secondary N) is 2. The van der Waals surface area contributed by atoms with Crippen molar-refractivity contribution in [2.24, 2.45) is 0 Å². The Bertz CT molecular complexity index is 1560. The van der Waals surface area contributed by atoms with Crippen LogP contribution in [0.1, 0.15) is 41.3 Å². The predicted octanol–water partition coefficient (Wildman–Crippen LogP) is 4.48. The molecule has 10 heteroatoms. The minimum Gasteiger partial charge on any atom is -0.480 e. The molecule has 1 aliphatic carbocycles. The van der Waals surface area contributed by atoms with Gasteiger partial charge < -0.3 is 15.2 Å². The Morgan fingerprint density at radius 3 is 2.37 bits per heavy atom. The quantitative estimate of drug-likeness (QED) is 0.202. The van der Waals surface area contributed by atoms with Crippen LogP contribution in [0.25, 0.3) is 0 Å². The average Bonchev–Trinajstić information content (AvgIpc) is 3.78. The van der Waals surface area contributed by atoms with Crippen LogP contribution in [-0.2, 0) is 38.0 Å². The van der Waals surface area contributed by atoms with Crippen molar-refractivity contribution in [2.75, 3.05) is 18.5 Å². The summed E-state index contributed by atoms with van der Waals surface area (Å²) in [5.41, 5.74) is 3.75. The van der Waals surface area contributed by atoms with Crippen molar-refractivity contribution in [3.63, 3.8) is 0 Å². The Labute approximate surface area is 239 Å². The number of pyridine rings is 2. The van der Waals surface area contributed by atoms with Crippen molar-refractivity contribution in [3.05, 3.63) is 120 Å². The van der Waals surface area contributed by atoms with E-state index in [-0.39, 0.29) is 17.0 Å². The molecule has 0 radical (unpaired) electrons. The number of aromatic nitrogens is 2. The van der Waals surface area contributed by atoms with E-state index in [4.69, 9.17) is 9.84 Å². The molecule has 1 saturated carbocycles. The number of carbonyl (C=O) groups is 1. The second-order valence-corrected chi connectivity index (χ2v) is 11.9. The number of rotatable bonds is 14. The Hall–Kier alpha value is -4.12. The first-order chi connectivity index (χ1) is 19.8. The molecule has 2 heterocycles. The Morgan fingerprint density at radius 2 is 1.68 bits per heavy atom. The molecule has 5 rings (SSSR count). The fourth-order valence-corrected chi connectivity index (χ4v) is 5.86. The van der Waals surface area contributed by atoms with Crippen LogP contribution in [0, 0.1) is 0 Å². The molecule has 2 aromatic heterocycles. The lowest BCUT2D eigenvalue weighted by atomic mass is 9.94. The molecule has 1 fully saturated rings. The number of sulfonamides is 1. The van der Waals surface area contributed by atoms with Crippen LogP contribution in [0.2, 0.25) is 0 Å². The first kappa shape index (κ1) is 28.4. The van der Waals surface area contributed by atoms with Crippen molar-refractivity contribution >= 4 is 21.8 Å². The van der Waals surface area contributed by atoms with E-state index in [1.807, 2.05) is 30.3 Å². The van der Waals surface area contributed by atoms with Crippen molar-refractivity contribution in [1.82, 2.24) is 14.7 Å². The van der Waals surface area contributed by atoms with Gasteiger partial charge in [-0.05, 0) is 60.2 Å². The number of carboxylic acids is 1. The average molecular weight is 573 g/mol. The maximum absolute atomic E-state index is 13.2. The molecule has 0 bridgehead atoms. The molecular weight excluding hydrogens is 540 g/mol. The van der Waals surface area contributed by atoms with Crippen LogP contribution in [0.4, 0.5) is 5.82 Å². The smallest absolute Gasteiger partial charge is 0.322 e. The molecule has 1 aliphatic rings. The number of hydrogen-bond acceptors (Lipinski definition) is 7. The van der Waals surface area contributed by atoms with Gasteiger partial charge in [0.25, 0.3) is 10.0 Å². The number of aliphatic carboxylic acids is 1. The summed E-state index contributed by atoms with van der Waals surface area (Å²) in [6.07, 6.45) is 3.88. The van der Waals surface area contributed by atoms with Crippen molar-refractivity contribution < 1.29 is 23.1 Å². The third kappa shape index (κ3) is 7.55. The molecule has 41 heavy (non-hydrogen) atoms. The highest BCUT2D eigenvalue weighted by Crippen LogP contribution is 2.48. The molecule has 0 amide bonds. The lowest BCUT2D eigenvalue weighted by Crippen LogP contribution is -2.31. The summed E-state index contributed by atoms with van der Waals surface area (Å²) in [4.78, 5) is 19.5. The van der Waals surface area contributed by atoms with Gasteiger partial charge in [-0.1, -0.05) is 66.7 Å². The molecule has 0 saturated heterocycles. The van der Waals surface area contributed by atoms with Gasteiger partial charge in [0.1, 0.15) is 12.4 Å². The molecule has 212 valence electrons. The van der Waals surface area contributed by atoms with E-state index in [0.29, 0.717) is 31.1 Å². The number of nitrogens with zero attached hydrogens (tertiary/aromatic N) is 2. The fraction of sp³-hybridized carbons (Fsp3) is 0.258. The standard InChI is InChI=1S/C31H32N4O5S/c36-30(37)20-33-28-10-6-9-26(34-28)27(35-41(38,39)29-11-4-5-18-32-29)19-23-12-14-25(15-13-23)31(16-17-31)22-40-21-24-7-2-1-3-8-24/h1-15,18,27,35H,16-17,19-22H2,(H,33,34)(H,36,37). The summed E-state index contributed by atoms with van der Waals surface area (Å²) in [6, 6.07) is 27.4. The topological polar surface area (TPSA) is 131 Å². The lowest BCUT2D eigenvalue weighted by Gasteiger charge is -2.20. The summed E-state index contributed by atoms with van der Waals surface area (Å²) in [7, 11) is -3.95. The monoisotopic (exact) mass is 572 g/mol. The van der Waals surface area contributed by atoms with Crippen molar-refractivity contribution in [1.29, 1.82) is 0 Å². The highest BCUT2D eigenvalue weighted by atomic mass is 32.2. The zero-order valence-electron chi connectivity index (χ0n) is 22.4. The number of ether oxygens (including phenoxy) is 1. The van der Waals surface area contributed by atoms with Gasteiger partial charge in [0, 0.05) is 11.6 Å². The molecule has 1 atom stereocenters. The van der Waals surface area contributed by atoms with Gasteiger partial charge in [-0.3, -0.25) is 4.79 Å². The van der Waals surface area contributed by atoms with E-state index in [1.165, 1.54) is 17.8 Å². The summed E-state index contributed by atoms with van der Waals surface area (Å²) < 4.78 is 35.2. The summed E-state index contributed by atoms with van der Waals surface area (Å²) in [5, 5.41) is 11.7. The number of anilines is 1. The third-order valence-corrected chi connectivity index (χ3v) is 8.50. The zero-order valence-corrected chi connectivity index (χ0v) is 23.3. The third-order valence-electron chi connectivity index (χ3n) is 7.11. The maximum Gasteiger partial charge on any atom is 0.322 e. The second kappa shape index (κ2) is 12.6. The predicted molar refractivity (Wildman–Crippen MR) is 155 cm³/mol. The van der Waals surface area contributed by atoms with Gasteiger partial charge >= 0.3 is 5.97 Å². The Morgan fingerprint density at radius 1 is 0.927 bits per heavy atom. The van der Waals surface area contributed by atoms with E-state index in [9.17, 15) is 13.2 Å². The first-order valence-electron chi connectivity index (χ1n) is 13.4. The number of benzene rings is 2.